The minimum absolute atomic E-state index is 0.330. The summed E-state index contributed by atoms with van der Waals surface area (Å²) in [7, 11) is 3.10. The molecule has 0 saturated heterocycles. The molecule has 2 aromatic rings. The first-order valence-corrected chi connectivity index (χ1v) is 7.24. The predicted molar refractivity (Wildman–Crippen MR) is 88.0 cm³/mol. The fourth-order valence-corrected chi connectivity index (χ4v) is 2.37. The average Bonchev–Trinajstić information content (AvgIpc) is 2.97. The number of esters is 1. The average molecular weight is 326 g/mol. The first-order chi connectivity index (χ1) is 11.6. The highest BCUT2D eigenvalue weighted by atomic mass is 19.1. The van der Waals surface area contributed by atoms with Crippen molar-refractivity contribution in [2.24, 2.45) is 0 Å². The highest BCUT2D eigenvalue weighted by Gasteiger charge is 2.24. The Labute approximate surface area is 138 Å². The molecule has 0 N–H and O–H groups in total. The molecule has 0 fully saturated rings. The molecule has 1 aliphatic rings. The van der Waals surface area contributed by atoms with Crippen molar-refractivity contribution in [3.8, 4) is 11.5 Å². The van der Waals surface area contributed by atoms with E-state index in [0.29, 0.717) is 34.0 Å². The van der Waals surface area contributed by atoms with Gasteiger partial charge in [0.25, 0.3) is 0 Å². The molecule has 122 valence electrons. The highest BCUT2D eigenvalue weighted by molar-refractivity contribution is 6.05. The van der Waals surface area contributed by atoms with Gasteiger partial charge in [0, 0.05) is 0 Å². The summed E-state index contributed by atoms with van der Waals surface area (Å²) in [6.07, 6.45) is 3.27. The second kappa shape index (κ2) is 6.58. The van der Waals surface area contributed by atoms with Crippen molar-refractivity contribution >= 4 is 17.8 Å². The van der Waals surface area contributed by atoms with E-state index < -0.39 is 5.97 Å². The lowest BCUT2D eigenvalue weighted by Gasteiger charge is -2.10. The Morgan fingerprint density at radius 3 is 2.46 bits per heavy atom. The van der Waals surface area contributed by atoms with Gasteiger partial charge in [0.2, 0.25) is 0 Å². The number of carbonyl (C=O) groups excluding carboxylic acids is 1. The van der Waals surface area contributed by atoms with E-state index >= 15 is 0 Å². The van der Waals surface area contributed by atoms with Crippen molar-refractivity contribution < 1.29 is 23.4 Å². The number of carbonyl (C=O) groups is 1. The van der Waals surface area contributed by atoms with E-state index in [1.165, 1.54) is 19.2 Å². The van der Waals surface area contributed by atoms with Crippen LogP contribution < -0.4 is 9.47 Å². The number of halogens is 1. The number of rotatable bonds is 4. The smallest absolute Gasteiger partial charge is 0.343 e. The lowest BCUT2D eigenvalue weighted by atomic mass is 10.1. The number of hydrogen-bond acceptors (Lipinski definition) is 4. The first-order valence-electron chi connectivity index (χ1n) is 7.24. The van der Waals surface area contributed by atoms with Crippen molar-refractivity contribution in [2.45, 2.75) is 0 Å². The Bertz CT molecular complexity index is 835. The third-order valence-electron chi connectivity index (χ3n) is 3.59. The standard InChI is InChI=1S/C19H15FO4/c1-22-15-7-8-17(23-2)16(11-15)18-10-13(19(21)24-18)9-12-3-5-14(20)6-4-12/h3-11H,1-2H3/b13-9-. The fourth-order valence-electron chi connectivity index (χ4n) is 2.37. The zero-order valence-corrected chi connectivity index (χ0v) is 13.2. The summed E-state index contributed by atoms with van der Waals surface area (Å²) in [5, 5.41) is 0. The van der Waals surface area contributed by atoms with Gasteiger partial charge < -0.3 is 14.2 Å². The molecule has 5 heteroatoms. The molecule has 0 atom stereocenters. The van der Waals surface area contributed by atoms with Crippen molar-refractivity contribution in [1.82, 2.24) is 0 Å². The van der Waals surface area contributed by atoms with E-state index in [1.54, 1.807) is 49.6 Å². The Kier molecular flexibility index (Phi) is 4.33. The molecule has 0 aromatic heterocycles. The molecule has 24 heavy (non-hydrogen) atoms. The molecule has 0 aliphatic carbocycles. The Morgan fingerprint density at radius 2 is 1.79 bits per heavy atom. The molecule has 0 spiro atoms. The van der Waals surface area contributed by atoms with E-state index in [0.717, 1.165) is 0 Å². The van der Waals surface area contributed by atoms with Crippen LogP contribution >= 0.6 is 0 Å². The molecule has 3 rings (SSSR count). The third-order valence-corrected chi connectivity index (χ3v) is 3.59. The van der Waals surface area contributed by atoms with Crippen LogP contribution in [0.15, 0.2) is 54.1 Å². The zero-order valence-electron chi connectivity index (χ0n) is 13.2. The van der Waals surface area contributed by atoms with Crippen LogP contribution in [-0.4, -0.2) is 20.2 Å². The Balaban J connectivity index is 1.98. The maximum absolute atomic E-state index is 13.0. The fraction of sp³-hybridized carbons (Fsp3) is 0.105. The number of methoxy groups -OCH3 is 2. The van der Waals surface area contributed by atoms with Gasteiger partial charge in [-0.25, -0.2) is 9.18 Å². The molecule has 4 nitrogen and oxygen atoms in total. The van der Waals surface area contributed by atoms with Gasteiger partial charge in [-0.3, -0.25) is 0 Å². The molecule has 2 aromatic carbocycles. The van der Waals surface area contributed by atoms with E-state index in [1.807, 2.05) is 0 Å². The molecule has 1 heterocycles. The molecule has 0 amide bonds. The van der Waals surface area contributed by atoms with E-state index in [2.05, 4.69) is 0 Å². The summed E-state index contributed by atoms with van der Waals surface area (Å²) in [5.41, 5.74) is 1.70. The van der Waals surface area contributed by atoms with Gasteiger partial charge in [-0.2, -0.15) is 0 Å². The van der Waals surface area contributed by atoms with Gasteiger partial charge in [0.15, 0.2) is 0 Å². The summed E-state index contributed by atoms with van der Waals surface area (Å²) in [6, 6.07) is 11.1. The minimum Gasteiger partial charge on any atom is -0.497 e. The minimum atomic E-state index is -0.473. The monoisotopic (exact) mass is 326 g/mol. The van der Waals surface area contributed by atoms with Crippen molar-refractivity contribution in [3.63, 3.8) is 0 Å². The lowest BCUT2D eigenvalue weighted by Crippen LogP contribution is -1.98. The van der Waals surface area contributed by atoms with Gasteiger partial charge >= 0.3 is 5.97 Å². The van der Waals surface area contributed by atoms with Crippen molar-refractivity contribution in [2.75, 3.05) is 14.2 Å². The Hall–Kier alpha value is -3.08. The lowest BCUT2D eigenvalue weighted by molar-refractivity contribution is -0.130. The van der Waals surface area contributed by atoms with Gasteiger partial charge in [-0.05, 0) is 48.0 Å². The summed E-state index contributed by atoms with van der Waals surface area (Å²) in [6.45, 7) is 0. The molecule has 0 unspecified atom stereocenters. The summed E-state index contributed by atoms with van der Waals surface area (Å²) in [5.74, 6) is 0.767. The van der Waals surface area contributed by atoms with Crippen LogP contribution in [0.1, 0.15) is 11.1 Å². The molecular weight excluding hydrogens is 311 g/mol. The zero-order chi connectivity index (χ0) is 17.1. The largest absolute Gasteiger partial charge is 0.497 e. The maximum atomic E-state index is 13.0. The van der Waals surface area contributed by atoms with Crippen LogP contribution in [0.2, 0.25) is 0 Å². The quantitative estimate of drug-likeness (QED) is 0.633. The van der Waals surface area contributed by atoms with Gasteiger partial charge in [-0.1, -0.05) is 12.1 Å². The topological polar surface area (TPSA) is 44.8 Å². The number of ether oxygens (including phenoxy) is 3. The van der Waals surface area contributed by atoms with Crippen LogP contribution in [0.4, 0.5) is 4.39 Å². The van der Waals surface area contributed by atoms with E-state index in [-0.39, 0.29) is 5.82 Å². The normalized spacial score (nSPS) is 15.2. The van der Waals surface area contributed by atoms with Crippen LogP contribution in [-0.2, 0) is 9.53 Å². The highest BCUT2D eigenvalue weighted by Crippen LogP contribution is 2.35. The summed E-state index contributed by atoms with van der Waals surface area (Å²) >= 11 is 0. The molecule has 0 saturated carbocycles. The third kappa shape index (κ3) is 3.15. The Morgan fingerprint density at radius 1 is 1.04 bits per heavy atom. The van der Waals surface area contributed by atoms with E-state index in [4.69, 9.17) is 14.2 Å². The van der Waals surface area contributed by atoms with E-state index in [9.17, 15) is 9.18 Å². The molecule has 0 bridgehead atoms. The molecule has 1 aliphatic heterocycles. The van der Waals surface area contributed by atoms with Gasteiger partial charge in [-0.15, -0.1) is 0 Å². The van der Waals surface area contributed by atoms with Crippen molar-refractivity contribution in [3.05, 3.63) is 71.1 Å². The molecule has 0 radical (unpaired) electrons. The van der Waals surface area contributed by atoms with Crippen LogP contribution in [0.3, 0.4) is 0 Å². The summed E-state index contributed by atoms with van der Waals surface area (Å²) < 4.78 is 28.8. The second-order valence-corrected chi connectivity index (χ2v) is 5.12. The van der Waals surface area contributed by atoms with Gasteiger partial charge in [0.1, 0.15) is 23.1 Å². The predicted octanol–water partition coefficient (Wildman–Crippen LogP) is 3.82. The van der Waals surface area contributed by atoms with Crippen LogP contribution in [0.5, 0.6) is 11.5 Å². The summed E-state index contributed by atoms with van der Waals surface area (Å²) in [4.78, 5) is 12.1. The molecular formula is C19H15FO4. The van der Waals surface area contributed by atoms with Gasteiger partial charge in [0.05, 0.1) is 25.4 Å². The maximum Gasteiger partial charge on any atom is 0.343 e. The van der Waals surface area contributed by atoms with Crippen LogP contribution in [0, 0.1) is 5.82 Å². The van der Waals surface area contributed by atoms with Crippen LogP contribution in [0.25, 0.3) is 11.8 Å². The second-order valence-electron chi connectivity index (χ2n) is 5.12. The van der Waals surface area contributed by atoms with Crippen molar-refractivity contribution in [1.29, 1.82) is 0 Å². The first kappa shape index (κ1) is 15.8. The number of hydrogen-bond donors (Lipinski definition) is 0. The SMILES string of the molecule is COc1ccc(OC)c(C2=C/C(=C/c3ccc(F)cc3)C(=O)O2)c1. The number of benzene rings is 2. The number of cyclic esters (lactones) is 1.